The molecule has 1 aromatic carbocycles. The van der Waals surface area contributed by atoms with E-state index in [1.54, 1.807) is 0 Å². The molecule has 0 radical (unpaired) electrons. The summed E-state index contributed by atoms with van der Waals surface area (Å²) in [6.07, 6.45) is 3.83. The van der Waals surface area contributed by atoms with E-state index in [-0.39, 0.29) is 0 Å². The molecule has 2 aromatic heterocycles. The molecule has 5 nitrogen and oxygen atoms in total. The summed E-state index contributed by atoms with van der Waals surface area (Å²) in [5, 5.41) is 10.2. The van der Waals surface area contributed by atoms with E-state index in [0.29, 0.717) is 12.3 Å². The Kier molecular flexibility index (Phi) is 4.88. The molecule has 1 aliphatic rings. The number of anilines is 1. The average Bonchev–Trinajstić information content (AvgIpc) is 3.19. The zero-order valence-electron chi connectivity index (χ0n) is 16.8. The van der Waals surface area contributed by atoms with Crippen LogP contribution in [-0.4, -0.2) is 27.6 Å². The standard InChI is InChI=1S/C22H24BrN5/c1-13-9-18(23)10-14(2)20(13)28-11-15(3)19-21(25-16(4)26-22(19)28)27-8-6-17(12-27)5-7-24/h9-11,17H,5-6,8,12H2,1-4H3. The first-order valence-corrected chi connectivity index (χ1v) is 10.4. The van der Waals surface area contributed by atoms with Crippen LogP contribution < -0.4 is 4.90 Å². The molecule has 0 saturated carbocycles. The second kappa shape index (κ2) is 7.21. The molecule has 1 saturated heterocycles. The van der Waals surface area contributed by atoms with E-state index >= 15 is 0 Å². The van der Waals surface area contributed by atoms with Gasteiger partial charge >= 0.3 is 0 Å². The van der Waals surface area contributed by atoms with Crippen molar-refractivity contribution in [2.24, 2.45) is 5.92 Å². The number of nitriles is 1. The lowest BCUT2D eigenvalue weighted by Gasteiger charge is -2.19. The quantitative estimate of drug-likeness (QED) is 0.567. The summed E-state index contributed by atoms with van der Waals surface area (Å²) in [6, 6.07) is 6.61. The summed E-state index contributed by atoms with van der Waals surface area (Å²) in [5.74, 6) is 2.21. The molecule has 0 spiro atoms. The van der Waals surface area contributed by atoms with Gasteiger partial charge in [-0.2, -0.15) is 5.26 Å². The van der Waals surface area contributed by atoms with E-state index in [0.717, 1.165) is 46.7 Å². The SMILES string of the molecule is Cc1nc(N2CCC(CC#N)C2)c2c(C)cn(-c3c(C)cc(Br)cc3C)c2n1. The summed E-state index contributed by atoms with van der Waals surface area (Å²) in [7, 11) is 0. The maximum atomic E-state index is 9.04. The van der Waals surface area contributed by atoms with Crippen LogP contribution in [0.5, 0.6) is 0 Å². The van der Waals surface area contributed by atoms with Crippen molar-refractivity contribution in [3.8, 4) is 11.8 Å². The zero-order chi connectivity index (χ0) is 20.0. The zero-order valence-corrected chi connectivity index (χ0v) is 18.3. The van der Waals surface area contributed by atoms with E-state index in [2.05, 4.69) is 70.6 Å². The molecule has 0 amide bonds. The molecule has 1 fully saturated rings. The van der Waals surface area contributed by atoms with Crippen LogP contribution in [-0.2, 0) is 0 Å². The number of aryl methyl sites for hydroxylation is 4. The van der Waals surface area contributed by atoms with Crippen LogP contribution >= 0.6 is 15.9 Å². The second-order valence-corrected chi connectivity index (χ2v) is 8.74. The van der Waals surface area contributed by atoms with Gasteiger partial charge in [-0.25, -0.2) is 9.97 Å². The molecular weight excluding hydrogens is 414 g/mol. The van der Waals surface area contributed by atoms with Crippen LogP contribution in [0.15, 0.2) is 22.8 Å². The molecule has 3 aromatic rings. The number of nitrogens with zero attached hydrogens (tertiary/aromatic N) is 5. The van der Waals surface area contributed by atoms with E-state index in [1.165, 1.54) is 22.4 Å². The lowest BCUT2D eigenvalue weighted by Crippen LogP contribution is -2.21. The summed E-state index contributed by atoms with van der Waals surface area (Å²) in [5.41, 5.74) is 5.72. The van der Waals surface area contributed by atoms with Gasteiger partial charge in [-0.15, -0.1) is 0 Å². The normalized spacial score (nSPS) is 16.7. The number of aromatic nitrogens is 3. The predicted molar refractivity (Wildman–Crippen MR) is 116 cm³/mol. The van der Waals surface area contributed by atoms with Gasteiger partial charge < -0.3 is 9.47 Å². The Bertz CT molecular complexity index is 1090. The number of rotatable bonds is 3. The highest BCUT2D eigenvalue weighted by Crippen LogP contribution is 2.35. The van der Waals surface area contributed by atoms with Gasteiger partial charge in [0.2, 0.25) is 0 Å². The lowest BCUT2D eigenvalue weighted by molar-refractivity contribution is 0.605. The highest BCUT2D eigenvalue weighted by molar-refractivity contribution is 9.10. The Morgan fingerprint density at radius 1 is 1.14 bits per heavy atom. The molecule has 6 heteroatoms. The van der Waals surface area contributed by atoms with Crippen molar-refractivity contribution in [1.29, 1.82) is 5.26 Å². The van der Waals surface area contributed by atoms with Crippen LogP contribution in [0, 0.1) is 44.9 Å². The largest absolute Gasteiger partial charge is 0.356 e. The molecule has 1 aliphatic heterocycles. The third-order valence-corrected chi connectivity index (χ3v) is 6.05. The summed E-state index contributed by atoms with van der Waals surface area (Å²) in [6.45, 7) is 10.2. The van der Waals surface area contributed by atoms with E-state index in [4.69, 9.17) is 15.2 Å². The van der Waals surface area contributed by atoms with Crippen molar-refractivity contribution < 1.29 is 0 Å². The molecule has 1 atom stereocenters. The first-order valence-electron chi connectivity index (χ1n) is 9.64. The average molecular weight is 438 g/mol. The van der Waals surface area contributed by atoms with E-state index < -0.39 is 0 Å². The number of benzene rings is 1. The van der Waals surface area contributed by atoms with Gasteiger partial charge in [0, 0.05) is 30.2 Å². The molecule has 0 N–H and O–H groups in total. The second-order valence-electron chi connectivity index (χ2n) is 7.83. The lowest BCUT2D eigenvalue weighted by atomic mass is 10.1. The molecule has 28 heavy (non-hydrogen) atoms. The first kappa shape index (κ1) is 18.9. The number of hydrogen-bond donors (Lipinski definition) is 0. The Balaban J connectivity index is 1.90. The van der Waals surface area contributed by atoms with Crippen molar-refractivity contribution in [2.75, 3.05) is 18.0 Å². The Morgan fingerprint density at radius 3 is 2.54 bits per heavy atom. The van der Waals surface area contributed by atoms with Crippen molar-refractivity contribution >= 4 is 32.8 Å². The molecule has 1 unspecified atom stereocenters. The fraction of sp³-hybridized carbons (Fsp3) is 0.409. The summed E-state index contributed by atoms with van der Waals surface area (Å²) >= 11 is 3.60. The van der Waals surface area contributed by atoms with Crippen LogP contribution in [0.3, 0.4) is 0 Å². The minimum Gasteiger partial charge on any atom is -0.356 e. The highest BCUT2D eigenvalue weighted by Gasteiger charge is 2.27. The highest BCUT2D eigenvalue weighted by atomic mass is 79.9. The molecule has 0 bridgehead atoms. The van der Waals surface area contributed by atoms with Gasteiger partial charge in [-0.05, 0) is 68.9 Å². The predicted octanol–water partition coefficient (Wildman–Crippen LogP) is 5.16. The van der Waals surface area contributed by atoms with Crippen LogP contribution in [0.1, 0.15) is 35.4 Å². The maximum Gasteiger partial charge on any atom is 0.150 e. The maximum absolute atomic E-state index is 9.04. The number of hydrogen-bond acceptors (Lipinski definition) is 4. The number of halogens is 1. The van der Waals surface area contributed by atoms with Crippen molar-refractivity contribution in [3.63, 3.8) is 0 Å². The van der Waals surface area contributed by atoms with Crippen LogP contribution in [0.25, 0.3) is 16.7 Å². The molecule has 4 rings (SSSR count). The molecule has 0 aliphatic carbocycles. The van der Waals surface area contributed by atoms with Crippen molar-refractivity contribution in [2.45, 2.75) is 40.5 Å². The fourth-order valence-corrected chi connectivity index (χ4v) is 5.08. The summed E-state index contributed by atoms with van der Waals surface area (Å²) < 4.78 is 3.30. The van der Waals surface area contributed by atoms with Crippen LogP contribution in [0.4, 0.5) is 5.82 Å². The van der Waals surface area contributed by atoms with Crippen molar-refractivity contribution in [3.05, 3.63) is 45.3 Å². The molecular formula is C22H24BrN5. The number of fused-ring (bicyclic) bond motifs is 1. The molecule has 3 heterocycles. The van der Waals surface area contributed by atoms with E-state index in [1.807, 2.05) is 6.92 Å². The fourth-order valence-electron chi connectivity index (χ4n) is 4.39. The Morgan fingerprint density at radius 2 is 1.86 bits per heavy atom. The monoisotopic (exact) mass is 437 g/mol. The Hall–Kier alpha value is -2.39. The molecule has 144 valence electrons. The van der Waals surface area contributed by atoms with Gasteiger partial charge in [0.25, 0.3) is 0 Å². The van der Waals surface area contributed by atoms with E-state index in [9.17, 15) is 0 Å². The van der Waals surface area contributed by atoms with Crippen molar-refractivity contribution in [1.82, 2.24) is 14.5 Å². The van der Waals surface area contributed by atoms with Gasteiger partial charge in [-0.3, -0.25) is 0 Å². The van der Waals surface area contributed by atoms with Crippen LogP contribution in [0.2, 0.25) is 0 Å². The topological polar surface area (TPSA) is 57.7 Å². The summed E-state index contributed by atoms with van der Waals surface area (Å²) in [4.78, 5) is 12.0. The van der Waals surface area contributed by atoms with Gasteiger partial charge in [0.1, 0.15) is 11.6 Å². The van der Waals surface area contributed by atoms with Gasteiger partial charge in [-0.1, -0.05) is 15.9 Å². The first-order chi connectivity index (χ1) is 13.4. The smallest absolute Gasteiger partial charge is 0.150 e. The van der Waals surface area contributed by atoms with Gasteiger partial charge in [0.15, 0.2) is 5.65 Å². The minimum atomic E-state index is 0.425. The third kappa shape index (κ3) is 3.18. The van der Waals surface area contributed by atoms with Gasteiger partial charge in [0.05, 0.1) is 17.1 Å². The Labute approximate surface area is 174 Å². The minimum absolute atomic E-state index is 0.425. The third-order valence-electron chi connectivity index (χ3n) is 5.59.